The summed E-state index contributed by atoms with van der Waals surface area (Å²) in [4.78, 5) is 24.8. The molecule has 0 aliphatic heterocycles. The van der Waals surface area contributed by atoms with E-state index in [-0.39, 0.29) is 11.4 Å². The van der Waals surface area contributed by atoms with Gasteiger partial charge in [0.1, 0.15) is 6.04 Å². The van der Waals surface area contributed by atoms with Crippen molar-refractivity contribution in [3.63, 3.8) is 0 Å². The summed E-state index contributed by atoms with van der Waals surface area (Å²) < 4.78 is 0. The lowest BCUT2D eigenvalue weighted by molar-refractivity contribution is -0.123. The van der Waals surface area contributed by atoms with E-state index >= 15 is 0 Å². The van der Waals surface area contributed by atoms with Gasteiger partial charge in [-0.15, -0.1) is 0 Å². The van der Waals surface area contributed by atoms with Gasteiger partial charge in [-0.1, -0.05) is 97.1 Å². The van der Waals surface area contributed by atoms with Crippen molar-refractivity contribution in [1.82, 2.24) is 10.6 Å². The number of thiocarbonyl (C=S) groups is 1. The summed E-state index contributed by atoms with van der Waals surface area (Å²) in [5.74, 6) is -0.478. The molecule has 34 heavy (non-hydrogen) atoms. The lowest BCUT2D eigenvalue weighted by Crippen LogP contribution is -2.53. The highest BCUT2D eigenvalue weighted by Crippen LogP contribution is 2.20. The van der Waals surface area contributed by atoms with Gasteiger partial charge in [-0.2, -0.15) is 0 Å². The second kappa shape index (κ2) is 10.3. The first-order chi connectivity index (χ1) is 16.4. The first-order valence-electron chi connectivity index (χ1n) is 10.9. The molecule has 4 rings (SSSR count). The predicted octanol–water partition coefficient (Wildman–Crippen LogP) is 4.19. The molecule has 0 saturated carbocycles. The van der Waals surface area contributed by atoms with Crippen molar-refractivity contribution in [3.8, 4) is 0 Å². The van der Waals surface area contributed by atoms with E-state index < -0.39 is 24.1 Å². The zero-order chi connectivity index (χ0) is 24.1. The molecular weight excluding hydrogens is 446 g/mol. The summed E-state index contributed by atoms with van der Waals surface area (Å²) in [6.45, 7) is 0. The molecule has 172 valence electrons. The zero-order valence-electron chi connectivity index (χ0n) is 18.4. The van der Waals surface area contributed by atoms with Crippen molar-refractivity contribution in [3.05, 3.63) is 96.1 Å². The Morgan fingerprint density at radius 2 is 1.47 bits per heavy atom. The number of rotatable bonds is 8. The molecule has 0 saturated heterocycles. The number of carbonyl (C=O) groups excluding carboxylic acids is 1. The van der Waals surface area contributed by atoms with Crippen molar-refractivity contribution >= 4 is 50.8 Å². The van der Waals surface area contributed by atoms with E-state index in [1.54, 1.807) is 0 Å². The number of hydrogen-bond donors (Lipinski definition) is 4. The summed E-state index contributed by atoms with van der Waals surface area (Å²) in [7, 11) is 0. The molecule has 6 nitrogen and oxygen atoms in total. The normalized spacial score (nSPS) is 12.7. The Hall–Kier alpha value is -3.97. The van der Waals surface area contributed by atoms with Gasteiger partial charge in [-0.3, -0.25) is 4.79 Å². The Labute approximate surface area is 202 Å². The molecule has 2 atom stereocenters. The van der Waals surface area contributed by atoms with E-state index in [0.717, 1.165) is 32.7 Å². The Morgan fingerprint density at radius 1 is 0.794 bits per heavy atom. The third kappa shape index (κ3) is 5.50. The smallest absolute Gasteiger partial charge is 0.405 e. The minimum absolute atomic E-state index is 0.140. The predicted molar refractivity (Wildman–Crippen MR) is 139 cm³/mol. The first kappa shape index (κ1) is 23.2. The van der Waals surface area contributed by atoms with Crippen LogP contribution in [0.2, 0.25) is 0 Å². The molecule has 4 aromatic rings. The Bertz CT molecular complexity index is 1370. The second-order valence-corrected chi connectivity index (χ2v) is 8.67. The second-order valence-electron chi connectivity index (χ2n) is 8.19. The summed E-state index contributed by atoms with van der Waals surface area (Å²) >= 11 is 5.22. The lowest BCUT2D eigenvalue weighted by Gasteiger charge is -2.23. The van der Waals surface area contributed by atoms with Crippen LogP contribution in [0.3, 0.4) is 0 Å². The minimum atomic E-state index is -1.28. The molecule has 4 aromatic carbocycles. The molecule has 2 amide bonds. The number of benzene rings is 4. The Balaban J connectivity index is 1.54. The van der Waals surface area contributed by atoms with Crippen molar-refractivity contribution in [2.75, 3.05) is 0 Å². The quantitative estimate of drug-likeness (QED) is 0.289. The van der Waals surface area contributed by atoms with Gasteiger partial charge in [0.05, 0.1) is 11.0 Å². The van der Waals surface area contributed by atoms with E-state index in [4.69, 9.17) is 18.0 Å². The fraction of sp³-hybridized carbons (Fsp3) is 0.148. The minimum Gasteiger partial charge on any atom is -0.465 e. The maximum Gasteiger partial charge on any atom is 0.405 e. The maximum atomic E-state index is 13.2. The average molecular weight is 472 g/mol. The van der Waals surface area contributed by atoms with Crippen LogP contribution in [0.1, 0.15) is 11.1 Å². The largest absolute Gasteiger partial charge is 0.465 e. The average Bonchev–Trinajstić information content (AvgIpc) is 2.83. The number of carboxylic acid groups (broad SMARTS) is 1. The SMILES string of the molecule is NC(=S)[C@@H](Cc1ccc2ccccc2c1)NC(=O)[C@@H](Cc1cccc2ccccc12)NC(=O)O. The van der Waals surface area contributed by atoms with E-state index in [1.165, 1.54) is 0 Å². The number of nitrogens with one attached hydrogen (secondary N) is 2. The van der Waals surface area contributed by atoms with Crippen molar-refractivity contribution in [1.29, 1.82) is 0 Å². The van der Waals surface area contributed by atoms with Crippen molar-refractivity contribution < 1.29 is 14.7 Å². The molecule has 0 aliphatic rings. The highest BCUT2D eigenvalue weighted by atomic mass is 32.1. The van der Waals surface area contributed by atoms with Crippen LogP contribution in [-0.4, -0.2) is 34.2 Å². The van der Waals surface area contributed by atoms with Gasteiger partial charge in [0.2, 0.25) is 5.91 Å². The van der Waals surface area contributed by atoms with E-state index in [9.17, 15) is 14.7 Å². The highest BCUT2D eigenvalue weighted by molar-refractivity contribution is 7.80. The van der Waals surface area contributed by atoms with Gasteiger partial charge in [0, 0.05) is 6.42 Å². The zero-order valence-corrected chi connectivity index (χ0v) is 19.2. The van der Waals surface area contributed by atoms with Gasteiger partial charge in [-0.05, 0) is 39.1 Å². The van der Waals surface area contributed by atoms with Crippen LogP contribution >= 0.6 is 12.2 Å². The van der Waals surface area contributed by atoms with Crippen LogP contribution in [-0.2, 0) is 17.6 Å². The fourth-order valence-corrected chi connectivity index (χ4v) is 4.29. The fourth-order valence-electron chi connectivity index (χ4n) is 4.15. The van der Waals surface area contributed by atoms with Gasteiger partial charge in [0.15, 0.2) is 0 Å². The summed E-state index contributed by atoms with van der Waals surface area (Å²) in [5, 5.41) is 18.7. The van der Waals surface area contributed by atoms with Crippen molar-refractivity contribution in [2.45, 2.75) is 24.9 Å². The molecule has 0 aliphatic carbocycles. The molecule has 0 radical (unpaired) electrons. The van der Waals surface area contributed by atoms with Crippen LogP contribution in [0.4, 0.5) is 4.79 Å². The summed E-state index contributed by atoms with van der Waals surface area (Å²) in [6, 6.07) is 25.9. The standard InChI is InChI=1S/C27H25N3O3S/c28-25(34)23(15-17-12-13-18-6-1-2-8-20(18)14-17)29-26(31)24(30-27(32)33)16-21-10-5-9-19-7-3-4-11-22(19)21/h1-14,23-24,30H,15-16H2,(H2,28,34)(H,29,31)(H,32,33)/t23-,24-/m1/s1. The third-order valence-corrected chi connectivity index (χ3v) is 6.12. The number of fused-ring (bicyclic) bond motifs is 2. The molecule has 0 aromatic heterocycles. The first-order valence-corrected chi connectivity index (χ1v) is 11.3. The molecule has 0 fully saturated rings. The van der Waals surface area contributed by atoms with Gasteiger partial charge >= 0.3 is 6.09 Å². The number of nitrogens with two attached hydrogens (primary N) is 1. The van der Waals surface area contributed by atoms with Gasteiger partial charge < -0.3 is 21.5 Å². The monoisotopic (exact) mass is 471 g/mol. The van der Waals surface area contributed by atoms with Gasteiger partial charge in [0.25, 0.3) is 0 Å². The van der Waals surface area contributed by atoms with E-state index in [0.29, 0.717) is 6.42 Å². The molecule has 5 N–H and O–H groups in total. The number of amides is 2. The van der Waals surface area contributed by atoms with Crippen molar-refractivity contribution in [2.24, 2.45) is 5.73 Å². The van der Waals surface area contributed by atoms with E-state index in [1.807, 2.05) is 84.9 Å². The summed E-state index contributed by atoms with van der Waals surface area (Å²) in [6.07, 6.45) is -0.679. The number of carbonyl (C=O) groups is 2. The molecule has 0 spiro atoms. The maximum absolute atomic E-state index is 13.2. The molecule has 0 heterocycles. The molecule has 0 unspecified atom stereocenters. The summed E-state index contributed by atoms with van der Waals surface area (Å²) in [5.41, 5.74) is 7.79. The van der Waals surface area contributed by atoms with Crippen LogP contribution in [0.25, 0.3) is 21.5 Å². The topological polar surface area (TPSA) is 104 Å². The van der Waals surface area contributed by atoms with Crippen LogP contribution in [0.15, 0.2) is 84.9 Å². The molecular formula is C27H25N3O3S. The van der Waals surface area contributed by atoms with Crippen LogP contribution in [0.5, 0.6) is 0 Å². The van der Waals surface area contributed by atoms with Crippen LogP contribution < -0.4 is 16.4 Å². The van der Waals surface area contributed by atoms with Gasteiger partial charge in [-0.25, -0.2) is 4.79 Å². The highest BCUT2D eigenvalue weighted by Gasteiger charge is 2.25. The Kier molecular flexibility index (Phi) is 7.04. The number of hydrogen-bond acceptors (Lipinski definition) is 3. The molecule has 7 heteroatoms. The van der Waals surface area contributed by atoms with Crippen LogP contribution in [0, 0.1) is 0 Å². The Morgan fingerprint density at radius 3 is 2.21 bits per heavy atom. The lowest BCUT2D eigenvalue weighted by atomic mass is 9.97. The molecule has 0 bridgehead atoms. The third-order valence-electron chi connectivity index (χ3n) is 5.83. The van der Waals surface area contributed by atoms with E-state index in [2.05, 4.69) is 10.6 Å².